The number of aliphatic hydroxyl groups is 1. The molecular weight excluding hydrogens is 635 g/mol. The van der Waals surface area contributed by atoms with Crippen LogP contribution in [0.1, 0.15) is 61.8 Å². The molecule has 4 N–H and O–H groups in total. The van der Waals surface area contributed by atoms with Gasteiger partial charge in [-0.25, -0.2) is 14.0 Å². The number of rotatable bonds is 7. The van der Waals surface area contributed by atoms with Crippen molar-refractivity contribution >= 4 is 35.0 Å². The van der Waals surface area contributed by atoms with E-state index in [0.29, 0.717) is 47.3 Å². The second-order valence-corrected chi connectivity index (χ2v) is 12.6. The van der Waals surface area contributed by atoms with Crippen molar-refractivity contribution in [2.75, 3.05) is 49.3 Å². The lowest BCUT2D eigenvalue weighted by Gasteiger charge is -2.35. The number of aromatic nitrogens is 1. The Morgan fingerprint density at radius 1 is 1.08 bits per heavy atom. The van der Waals surface area contributed by atoms with Crippen LogP contribution in [0.4, 0.5) is 31.0 Å². The minimum Gasteiger partial charge on any atom is -0.490 e. The number of likely N-dealkylation sites (N-methyl/N-ethyl adjacent to an activating group) is 1. The van der Waals surface area contributed by atoms with E-state index in [1.807, 2.05) is 13.8 Å². The minimum atomic E-state index is -0.578. The number of fused-ring (bicyclic) bond motifs is 1. The second kappa shape index (κ2) is 17.1. The van der Waals surface area contributed by atoms with E-state index in [0.717, 1.165) is 12.8 Å². The molecule has 0 fully saturated rings. The summed E-state index contributed by atoms with van der Waals surface area (Å²) in [5.41, 5.74) is 2.03. The van der Waals surface area contributed by atoms with Gasteiger partial charge in [-0.1, -0.05) is 12.1 Å². The van der Waals surface area contributed by atoms with Gasteiger partial charge in [0.15, 0.2) is 5.76 Å². The predicted octanol–water partition coefficient (Wildman–Crippen LogP) is 6.03. The summed E-state index contributed by atoms with van der Waals surface area (Å²) >= 11 is 0. The normalized spacial score (nSPS) is 19.6. The predicted molar refractivity (Wildman–Crippen MR) is 184 cm³/mol. The molecular formula is C35H47FN6O7. The number of carbonyl (C=O) groups is 3. The first-order chi connectivity index (χ1) is 23.4. The van der Waals surface area contributed by atoms with E-state index in [-0.39, 0.29) is 43.3 Å². The highest BCUT2D eigenvalue weighted by Crippen LogP contribution is 2.29. The highest BCUT2D eigenvalue weighted by Gasteiger charge is 2.31. The van der Waals surface area contributed by atoms with Gasteiger partial charge in [0.2, 0.25) is 0 Å². The van der Waals surface area contributed by atoms with Crippen molar-refractivity contribution in [1.29, 1.82) is 0 Å². The number of nitrogens with one attached hydrogen (secondary N) is 3. The number of hydrogen-bond donors (Lipinski definition) is 4. The lowest BCUT2D eigenvalue weighted by atomic mass is 10.0. The molecule has 4 rings (SSSR count). The Kier molecular flexibility index (Phi) is 13.0. The fraction of sp³-hybridized carbons (Fsp3) is 0.486. The zero-order chi connectivity index (χ0) is 35.7. The molecule has 2 aromatic carbocycles. The van der Waals surface area contributed by atoms with Gasteiger partial charge in [0.05, 0.1) is 30.4 Å². The quantitative estimate of drug-likeness (QED) is 0.235. The Hall–Kier alpha value is -4.69. The molecule has 1 aromatic heterocycles. The van der Waals surface area contributed by atoms with Crippen LogP contribution >= 0.6 is 0 Å². The Morgan fingerprint density at radius 2 is 1.78 bits per heavy atom. The van der Waals surface area contributed by atoms with Crippen LogP contribution in [0, 0.1) is 25.6 Å². The van der Waals surface area contributed by atoms with Crippen LogP contribution in [0.25, 0.3) is 0 Å². The molecule has 266 valence electrons. The Bertz CT molecular complexity index is 1560. The maximum absolute atomic E-state index is 14.3. The third kappa shape index (κ3) is 10.2. The molecule has 0 bridgehead atoms. The number of ether oxygens (including phenoxy) is 2. The van der Waals surface area contributed by atoms with Crippen LogP contribution < -0.4 is 20.7 Å². The van der Waals surface area contributed by atoms with Gasteiger partial charge in [-0.3, -0.25) is 4.79 Å². The summed E-state index contributed by atoms with van der Waals surface area (Å²) in [6.07, 6.45) is 1.60. The summed E-state index contributed by atoms with van der Waals surface area (Å²) in [4.78, 5) is 43.4. The van der Waals surface area contributed by atoms with Crippen LogP contribution in [-0.4, -0.2) is 89.6 Å². The maximum atomic E-state index is 14.3. The Morgan fingerprint density at radius 3 is 2.45 bits per heavy atom. The molecule has 1 aliphatic heterocycles. The SMILES string of the molecule is Cc1noc(C)c1NC(=O)N(C)C[C@@H]1OCCCC[C@H](C)Oc2ccc(NC(=O)Nc3ccc(F)cc3)cc2C(=O)N([C@H](C)CO)C[C@@H]1C. The number of carbonyl (C=O) groups excluding carboxylic acids is 3. The lowest BCUT2D eigenvalue weighted by Crippen LogP contribution is -2.48. The van der Waals surface area contributed by atoms with E-state index in [1.165, 1.54) is 29.2 Å². The van der Waals surface area contributed by atoms with Gasteiger partial charge in [0.25, 0.3) is 5.91 Å². The standard InChI is InChI=1S/C35H47FN6O7/c1-21-18-42(22(2)20-43)33(44)29-17-28(38-34(45)37-27-12-10-26(36)11-13-27)14-15-30(29)48-23(3)9-7-8-16-47-31(21)19-41(6)35(46)39-32-24(4)40-49-25(32)5/h10-15,17,21-23,31,43H,7-9,16,18-20H2,1-6H3,(H,39,46)(H2,37,38,45)/t21-,22+,23-,31-/m0/s1. The number of aliphatic hydroxyl groups excluding tert-OH is 1. The summed E-state index contributed by atoms with van der Waals surface area (Å²) < 4.78 is 31.1. The van der Waals surface area contributed by atoms with E-state index >= 15 is 0 Å². The van der Waals surface area contributed by atoms with Gasteiger partial charge in [-0.2, -0.15) is 0 Å². The number of halogens is 1. The summed E-state index contributed by atoms with van der Waals surface area (Å²) in [5, 5.41) is 22.3. The molecule has 4 atom stereocenters. The topological polar surface area (TPSA) is 158 Å². The van der Waals surface area contributed by atoms with Gasteiger partial charge in [-0.05, 0) is 89.4 Å². The first-order valence-corrected chi connectivity index (χ1v) is 16.5. The molecule has 2 heterocycles. The van der Waals surface area contributed by atoms with Crippen LogP contribution in [0.3, 0.4) is 0 Å². The number of aryl methyl sites for hydroxylation is 2. The van der Waals surface area contributed by atoms with Gasteiger partial charge in [0, 0.05) is 44.0 Å². The molecule has 0 saturated heterocycles. The summed E-state index contributed by atoms with van der Waals surface area (Å²) in [7, 11) is 1.67. The third-order valence-electron chi connectivity index (χ3n) is 8.48. The van der Waals surface area contributed by atoms with Gasteiger partial charge >= 0.3 is 12.1 Å². The van der Waals surface area contributed by atoms with Gasteiger partial charge in [0.1, 0.15) is 22.9 Å². The highest BCUT2D eigenvalue weighted by atomic mass is 19.1. The fourth-order valence-corrected chi connectivity index (χ4v) is 5.51. The number of urea groups is 2. The third-order valence-corrected chi connectivity index (χ3v) is 8.48. The number of amides is 5. The molecule has 49 heavy (non-hydrogen) atoms. The Balaban J connectivity index is 1.58. The van der Waals surface area contributed by atoms with Crippen LogP contribution in [-0.2, 0) is 4.74 Å². The zero-order valence-corrected chi connectivity index (χ0v) is 28.9. The molecule has 0 radical (unpaired) electrons. The van der Waals surface area contributed by atoms with E-state index in [4.69, 9.17) is 14.0 Å². The average molecular weight is 683 g/mol. The van der Waals surface area contributed by atoms with Crippen molar-refractivity contribution in [3.05, 3.63) is 65.3 Å². The minimum absolute atomic E-state index is 0.197. The molecule has 14 heteroatoms. The summed E-state index contributed by atoms with van der Waals surface area (Å²) in [6.45, 7) is 9.67. The van der Waals surface area contributed by atoms with E-state index < -0.39 is 29.9 Å². The summed E-state index contributed by atoms with van der Waals surface area (Å²) in [6, 6.07) is 8.67. The summed E-state index contributed by atoms with van der Waals surface area (Å²) in [5.74, 6) is -0.242. The molecule has 0 aliphatic carbocycles. The second-order valence-electron chi connectivity index (χ2n) is 12.6. The largest absolute Gasteiger partial charge is 0.490 e. The fourth-order valence-electron chi connectivity index (χ4n) is 5.51. The van der Waals surface area contributed by atoms with Crippen LogP contribution in [0.2, 0.25) is 0 Å². The number of benzene rings is 2. The first-order valence-electron chi connectivity index (χ1n) is 16.5. The molecule has 5 amide bonds. The van der Waals surface area contributed by atoms with Crippen molar-refractivity contribution < 1.29 is 37.9 Å². The van der Waals surface area contributed by atoms with Crippen molar-refractivity contribution in [3.63, 3.8) is 0 Å². The van der Waals surface area contributed by atoms with E-state index in [2.05, 4.69) is 21.1 Å². The zero-order valence-electron chi connectivity index (χ0n) is 28.9. The van der Waals surface area contributed by atoms with Crippen molar-refractivity contribution in [2.45, 2.75) is 72.1 Å². The highest BCUT2D eigenvalue weighted by molar-refractivity contribution is 6.02. The van der Waals surface area contributed by atoms with Gasteiger partial charge < -0.3 is 44.9 Å². The molecule has 3 aromatic rings. The number of hydrogen-bond acceptors (Lipinski definition) is 8. The monoisotopic (exact) mass is 682 g/mol. The molecule has 1 aliphatic rings. The van der Waals surface area contributed by atoms with Gasteiger partial charge in [-0.15, -0.1) is 0 Å². The van der Waals surface area contributed by atoms with E-state index in [1.54, 1.807) is 50.9 Å². The molecule has 0 saturated carbocycles. The average Bonchev–Trinajstić information content (AvgIpc) is 3.39. The smallest absolute Gasteiger partial charge is 0.323 e. The van der Waals surface area contributed by atoms with Crippen LogP contribution in [0.5, 0.6) is 5.75 Å². The molecule has 0 spiro atoms. The molecule has 13 nitrogen and oxygen atoms in total. The van der Waals surface area contributed by atoms with Crippen molar-refractivity contribution in [2.24, 2.45) is 5.92 Å². The lowest BCUT2D eigenvalue weighted by molar-refractivity contribution is -0.0115. The van der Waals surface area contributed by atoms with Crippen LogP contribution in [0.15, 0.2) is 47.0 Å². The molecule has 0 unspecified atom stereocenters. The van der Waals surface area contributed by atoms with Crippen molar-refractivity contribution in [1.82, 2.24) is 15.0 Å². The number of anilines is 3. The first kappa shape index (κ1) is 37.1. The van der Waals surface area contributed by atoms with E-state index in [9.17, 15) is 23.9 Å². The number of nitrogens with zero attached hydrogens (tertiary/aromatic N) is 3. The Labute approximate surface area is 286 Å². The maximum Gasteiger partial charge on any atom is 0.323 e. The van der Waals surface area contributed by atoms with Crippen molar-refractivity contribution in [3.8, 4) is 5.75 Å².